The molecule has 0 spiro atoms. The molecule has 1 saturated heterocycles. The van der Waals surface area contributed by atoms with Gasteiger partial charge in [0.05, 0.1) is 7.11 Å². The summed E-state index contributed by atoms with van der Waals surface area (Å²) in [6, 6.07) is 0.200. The molecule has 0 aromatic carbocycles. The average molecular weight is 333 g/mol. The van der Waals surface area contributed by atoms with E-state index in [0.717, 1.165) is 18.8 Å². The molecule has 0 aromatic rings. The van der Waals surface area contributed by atoms with Gasteiger partial charge in [-0.1, -0.05) is 13.8 Å². The molecule has 0 radical (unpaired) electrons. The number of rotatable bonds is 4. The molecule has 5 nitrogen and oxygen atoms in total. The first-order valence-corrected chi connectivity index (χ1v) is 8.19. The second-order valence-electron chi connectivity index (χ2n) is 6.44. The highest BCUT2D eigenvalue weighted by Crippen LogP contribution is 2.30. The van der Waals surface area contributed by atoms with Crippen LogP contribution in [-0.2, 0) is 14.3 Å². The van der Waals surface area contributed by atoms with E-state index in [1.54, 1.807) is 0 Å². The number of nitrogens with one attached hydrogen (secondary N) is 1. The van der Waals surface area contributed by atoms with Crippen LogP contribution in [0.25, 0.3) is 0 Å². The number of hydrogen-bond donors (Lipinski definition) is 1. The highest BCUT2D eigenvalue weighted by Gasteiger charge is 2.38. The zero-order chi connectivity index (χ0) is 15.4. The first kappa shape index (κ1) is 19.2. The zero-order valence-electron chi connectivity index (χ0n) is 13.8. The van der Waals surface area contributed by atoms with Crippen LogP contribution in [0.15, 0.2) is 0 Å². The molecule has 2 atom stereocenters. The van der Waals surface area contributed by atoms with Crippen LogP contribution in [0.4, 0.5) is 0 Å². The molecule has 0 bridgehead atoms. The van der Waals surface area contributed by atoms with Crippen molar-refractivity contribution in [2.45, 2.75) is 70.5 Å². The number of esters is 1. The van der Waals surface area contributed by atoms with E-state index in [1.807, 2.05) is 6.92 Å². The fourth-order valence-electron chi connectivity index (χ4n) is 3.66. The molecule has 2 fully saturated rings. The third kappa shape index (κ3) is 4.35. The summed E-state index contributed by atoms with van der Waals surface area (Å²) in [6.07, 6.45) is 5.77. The maximum absolute atomic E-state index is 12.4. The molecule has 0 unspecified atom stereocenters. The monoisotopic (exact) mass is 332 g/mol. The second kappa shape index (κ2) is 8.73. The number of halogens is 1. The number of hydrogen-bond acceptors (Lipinski definition) is 4. The van der Waals surface area contributed by atoms with Gasteiger partial charge in [0.1, 0.15) is 6.04 Å². The maximum atomic E-state index is 12.4. The fourth-order valence-corrected chi connectivity index (χ4v) is 3.66. The summed E-state index contributed by atoms with van der Waals surface area (Å²) in [5.41, 5.74) is 0. The Bertz CT molecular complexity index is 384. The van der Waals surface area contributed by atoms with Crippen molar-refractivity contribution in [2.75, 3.05) is 13.7 Å². The van der Waals surface area contributed by atoms with Crippen molar-refractivity contribution in [3.8, 4) is 0 Å². The second-order valence-corrected chi connectivity index (χ2v) is 6.44. The van der Waals surface area contributed by atoms with Gasteiger partial charge in [0, 0.05) is 25.0 Å². The highest BCUT2D eigenvalue weighted by molar-refractivity contribution is 5.85. The van der Waals surface area contributed by atoms with Gasteiger partial charge >= 0.3 is 5.97 Å². The Labute approximate surface area is 139 Å². The number of carbonyl (C=O) groups is 2. The molecule has 22 heavy (non-hydrogen) atoms. The molecule has 2 aliphatic rings. The Kier molecular flexibility index (Phi) is 7.63. The first-order chi connectivity index (χ1) is 10.1. The molecule has 1 amide bonds. The predicted molar refractivity (Wildman–Crippen MR) is 88.0 cm³/mol. The average Bonchev–Trinajstić information content (AvgIpc) is 2.98. The molecule has 2 rings (SSSR count). The van der Waals surface area contributed by atoms with E-state index in [0.29, 0.717) is 25.4 Å². The number of carbonyl (C=O) groups excluding carboxylic acids is 2. The predicted octanol–water partition coefficient (Wildman–Crippen LogP) is 2.13. The highest BCUT2D eigenvalue weighted by atomic mass is 35.5. The topological polar surface area (TPSA) is 58.6 Å². The number of ether oxygens (including phenoxy) is 1. The zero-order valence-corrected chi connectivity index (χ0v) is 14.7. The van der Waals surface area contributed by atoms with Gasteiger partial charge < -0.3 is 15.0 Å². The third-order valence-corrected chi connectivity index (χ3v) is 4.96. The van der Waals surface area contributed by atoms with Crippen molar-refractivity contribution in [2.24, 2.45) is 5.92 Å². The molecular weight excluding hydrogens is 304 g/mol. The lowest BCUT2D eigenvalue weighted by Crippen LogP contribution is -2.49. The molecule has 1 aliphatic heterocycles. The fraction of sp³-hybridized carbons (Fsp3) is 0.875. The van der Waals surface area contributed by atoms with Gasteiger partial charge in [-0.2, -0.15) is 0 Å². The quantitative estimate of drug-likeness (QED) is 0.801. The minimum atomic E-state index is -0.269. The molecule has 128 valence electrons. The Balaban J connectivity index is 0.00000242. The van der Waals surface area contributed by atoms with Crippen molar-refractivity contribution >= 4 is 24.3 Å². The largest absolute Gasteiger partial charge is 0.468 e. The lowest BCUT2D eigenvalue weighted by atomic mass is 9.85. The Morgan fingerprint density at radius 1 is 1.18 bits per heavy atom. The summed E-state index contributed by atoms with van der Waals surface area (Å²) in [7, 11) is 1.41. The van der Waals surface area contributed by atoms with Crippen molar-refractivity contribution in [3.63, 3.8) is 0 Å². The summed E-state index contributed by atoms with van der Waals surface area (Å²) >= 11 is 0. The third-order valence-electron chi connectivity index (χ3n) is 4.96. The van der Waals surface area contributed by atoms with Crippen LogP contribution >= 0.6 is 12.4 Å². The molecule has 1 aliphatic carbocycles. The summed E-state index contributed by atoms with van der Waals surface area (Å²) in [4.78, 5) is 26.1. The van der Waals surface area contributed by atoms with Gasteiger partial charge in [-0.25, -0.2) is 0 Å². The van der Waals surface area contributed by atoms with E-state index in [2.05, 4.69) is 17.1 Å². The van der Waals surface area contributed by atoms with Crippen molar-refractivity contribution in [3.05, 3.63) is 0 Å². The Hall–Kier alpha value is -0.810. The van der Waals surface area contributed by atoms with Crippen LogP contribution in [0.3, 0.4) is 0 Å². The summed E-state index contributed by atoms with van der Waals surface area (Å²) in [5.74, 6) is 0.759. The van der Waals surface area contributed by atoms with Crippen LogP contribution < -0.4 is 5.32 Å². The standard InChI is InChI=1S/C16H28N2O3.ClH/c1-4-15(19)18(12-7-5-11(2)6-8-12)13-9-14(17-10-13)16(20)21-3;/h11-14,17H,4-10H2,1-3H3;1H/t11?,12?,13-,14-;/m0./s1. The van der Waals surface area contributed by atoms with E-state index < -0.39 is 0 Å². The number of amides is 1. The van der Waals surface area contributed by atoms with Gasteiger partial charge in [-0.3, -0.25) is 9.59 Å². The molecule has 1 saturated carbocycles. The van der Waals surface area contributed by atoms with Crippen LogP contribution in [0.5, 0.6) is 0 Å². The van der Waals surface area contributed by atoms with E-state index in [4.69, 9.17) is 4.74 Å². The van der Waals surface area contributed by atoms with Crippen LogP contribution in [-0.4, -0.2) is 48.6 Å². The van der Waals surface area contributed by atoms with Gasteiger partial charge in [0.2, 0.25) is 5.91 Å². The van der Waals surface area contributed by atoms with Gasteiger partial charge in [0.15, 0.2) is 0 Å². The lowest BCUT2D eigenvalue weighted by Gasteiger charge is -2.39. The summed E-state index contributed by atoms with van der Waals surface area (Å²) < 4.78 is 4.80. The van der Waals surface area contributed by atoms with E-state index >= 15 is 0 Å². The maximum Gasteiger partial charge on any atom is 0.322 e. The molecular formula is C16H29ClN2O3. The Morgan fingerprint density at radius 3 is 2.36 bits per heavy atom. The normalized spacial score (nSPS) is 31.2. The smallest absolute Gasteiger partial charge is 0.322 e. The van der Waals surface area contributed by atoms with Crippen molar-refractivity contribution < 1.29 is 14.3 Å². The molecule has 6 heteroatoms. The summed E-state index contributed by atoms with van der Waals surface area (Å²) in [6.45, 7) is 4.89. The van der Waals surface area contributed by atoms with Gasteiger partial charge in [0.25, 0.3) is 0 Å². The molecule has 0 aromatic heterocycles. The summed E-state index contributed by atoms with van der Waals surface area (Å²) in [5, 5.41) is 3.20. The van der Waals surface area contributed by atoms with Crippen molar-refractivity contribution in [1.82, 2.24) is 10.2 Å². The SMILES string of the molecule is CCC(=O)N(C1CCC(C)CC1)[C@@H]1CN[C@H](C(=O)OC)C1.Cl. The minimum absolute atomic E-state index is 0. The van der Waals surface area contributed by atoms with Crippen LogP contribution in [0, 0.1) is 5.92 Å². The van der Waals surface area contributed by atoms with Crippen LogP contribution in [0.1, 0.15) is 52.4 Å². The minimum Gasteiger partial charge on any atom is -0.468 e. The van der Waals surface area contributed by atoms with E-state index in [1.165, 1.54) is 20.0 Å². The molecule has 1 heterocycles. The van der Waals surface area contributed by atoms with E-state index in [9.17, 15) is 9.59 Å². The van der Waals surface area contributed by atoms with Gasteiger partial charge in [-0.15, -0.1) is 12.4 Å². The van der Waals surface area contributed by atoms with Crippen molar-refractivity contribution in [1.29, 1.82) is 0 Å². The lowest BCUT2D eigenvalue weighted by molar-refractivity contribution is -0.143. The van der Waals surface area contributed by atoms with Crippen LogP contribution in [0.2, 0.25) is 0 Å². The number of nitrogens with zero attached hydrogens (tertiary/aromatic N) is 1. The first-order valence-electron chi connectivity index (χ1n) is 8.19. The number of methoxy groups -OCH3 is 1. The van der Waals surface area contributed by atoms with E-state index in [-0.39, 0.29) is 36.4 Å². The Morgan fingerprint density at radius 2 is 1.82 bits per heavy atom. The van der Waals surface area contributed by atoms with Gasteiger partial charge in [-0.05, 0) is 38.0 Å². The molecule has 1 N–H and O–H groups in total.